The SMILES string of the molecule is Cc1ccc([C@H]2SCC(=O)Nc3c2c(C)nn3-c2ccccc2Cl)c(C)c1. The number of hydrogen-bond donors (Lipinski definition) is 1. The van der Waals surface area contributed by atoms with Crippen LogP contribution in [0, 0.1) is 20.8 Å². The van der Waals surface area contributed by atoms with Crippen LogP contribution in [0.1, 0.15) is 33.2 Å². The van der Waals surface area contributed by atoms with Gasteiger partial charge in [-0.15, -0.1) is 11.8 Å². The maximum atomic E-state index is 12.4. The molecule has 2 aromatic carbocycles. The van der Waals surface area contributed by atoms with Crippen molar-refractivity contribution in [3.63, 3.8) is 0 Å². The molecule has 1 amide bonds. The van der Waals surface area contributed by atoms with Crippen molar-refractivity contribution >= 4 is 35.1 Å². The Balaban J connectivity index is 1.93. The molecule has 0 spiro atoms. The number of amides is 1. The lowest BCUT2D eigenvalue weighted by Crippen LogP contribution is -2.16. The van der Waals surface area contributed by atoms with Crippen LogP contribution < -0.4 is 5.32 Å². The van der Waals surface area contributed by atoms with Gasteiger partial charge in [-0.3, -0.25) is 4.79 Å². The molecule has 0 bridgehead atoms. The van der Waals surface area contributed by atoms with Gasteiger partial charge in [0, 0.05) is 5.56 Å². The van der Waals surface area contributed by atoms with Crippen molar-refractivity contribution in [2.75, 3.05) is 11.1 Å². The van der Waals surface area contributed by atoms with Crippen molar-refractivity contribution in [1.82, 2.24) is 9.78 Å². The highest BCUT2D eigenvalue weighted by Gasteiger charge is 2.31. The summed E-state index contributed by atoms with van der Waals surface area (Å²) in [5, 5.41) is 8.41. The third-order valence-corrected chi connectivity index (χ3v) is 6.37. The van der Waals surface area contributed by atoms with Crippen molar-refractivity contribution in [2.24, 2.45) is 0 Å². The first-order valence-electron chi connectivity index (χ1n) is 8.78. The number of rotatable bonds is 2. The highest BCUT2D eigenvalue weighted by molar-refractivity contribution is 8.00. The number of anilines is 1. The van der Waals surface area contributed by atoms with Crippen molar-refractivity contribution in [2.45, 2.75) is 26.0 Å². The second-order valence-electron chi connectivity index (χ2n) is 6.81. The van der Waals surface area contributed by atoms with Gasteiger partial charge in [0.1, 0.15) is 5.82 Å². The van der Waals surface area contributed by atoms with E-state index in [0.29, 0.717) is 16.6 Å². The minimum absolute atomic E-state index is 0.0262. The maximum Gasteiger partial charge on any atom is 0.235 e. The number of nitrogens with one attached hydrogen (secondary N) is 1. The third kappa shape index (κ3) is 3.26. The molecule has 0 saturated heterocycles. The van der Waals surface area contributed by atoms with Gasteiger partial charge in [0.25, 0.3) is 0 Å². The highest BCUT2D eigenvalue weighted by atomic mass is 35.5. The van der Waals surface area contributed by atoms with Gasteiger partial charge in [0.15, 0.2) is 0 Å². The summed E-state index contributed by atoms with van der Waals surface area (Å²) < 4.78 is 1.76. The standard InChI is InChI=1S/C21H20ClN3OS/c1-12-8-9-15(13(2)10-12)20-19-14(3)24-25(17-7-5-4-6-16(17)22)21(19)23-18(26)11-27-20/h4-10,20H,11H2,1-3H3,(H,23,26)/t20-/m1/s1. The molecule has 0 unspecified atom stereocenters. The molecule has 1 aliphatic rings. The average molecular weight is 398 g/mol. The number of para-hydroxylation sites is 1. The normalized spacial score (nSPS) is 16.6. The van der Waals surface area contributed by atoms with E-state index in [1.54, 1.807) is 16.4 Å². The molecule has 1 atom stereocenters. The summed E-state index contributed by atoms with van der Waals surface area (Å²) in [5.41, 5.74) is 6.35. The van der Waals surface area contributed by atoms with Gasteiger partial charge < -0.3 is 5.32 Å². The first-order valence-corrected chi connectivity index (χ1v) is 10.2. The van der Waals surface area contributed by atoms with Crippen LogP contribution in [0.3, 0.4) is 0 Å². The van der Waals surface area contributed by atoms with Gasteiger partial charge in [0.05, 0.1) is 27.4 Å². The molecule has 4 nitrogen and oxygen atoms in total. The Labute approximate surface area is 167 Å². The van der Waals surface area contributed by atoms with Gasteiger partial charge in [-0.05, 0) is 44.0 Å². The number of aryl methyl sites for hydroxylation is 3. The van der Waals surface area contributed by atoms with Crippen LogP contribution in [0.2, 0.25) is 5.02 Å². The van der Waals surface area contributed by atoms with Crippen LogP contribution >= 0.6 is 23.4 Å². The number of thioether (sulfide) groups is 1. The average Bonchev–Trinajstić information content (AvgIpc) is 2.82. The van der Waals surface area contributed by atoms with Gasteiger partial charge in [-0.2, -0.15) is 5.10 Å². The smallest absolute Gasteiger partial charge is 0.235 e. The predicted octanol–water partition coefficient (Wildman–Crippen LogP) is 5.23. The number of nitrogens with zero attached hydrogens (tertiary/aromatic N) is 2. The van der Waals surface area contributed by atoms with Gasteiger partial charge in [0.2, 0.25) is 5.91 Å². The number of hydrogen-bond acceptors (Lipinski definition) is 3. The van der Waals surface area contributed by atoms with Crippen LogP contribution in [0.25, 0.3) is 5.69 Å². The maximum absolute atomic E-state index is 12.4. The lowest BCUT2D eigenvalue weighted by molar-refractivity contribution is -0.113. The molecule has 1 N–H and O–H groups in total. The molecule has 1 aliphatic heterocycles. The van der Waals surface area contributed by atoms with Crippen LogP contribution in [0.4, 0.5) is 5.82 Å². The predicted molar refractivity (Wildman–Crippen MR) is 112 cm³/mol. The Morgan fingerprint density at radius 3 is 2.70 bits per heavy atom. The number of halogens is 1. The largest absolute Gasteiger partial charge is 0.310 e. The van der Waals surface area contributed by atoms with Gasteiger partial charge >= 0.3 is 0 Å². The van der Waals surface area contributed by atoms with E-state index in [4.69, 9.17) is 16.7 Å². The highest BCUT2D eigenvalue weighted by Crippen LogP contribution is 2.45. The lowest BCUT2D eigenvalue weighted by atomic mass is 9.98. The molecular weight excluding hydrogens is 378 g/mol. The molecule has 6 heteroatoms. The van der Waals surface area contributed by atoms with Crippen LogP contribution in [-0.4, -0.2) is 21.4 Å². The van der Waals surface area contributed by atoms with Crippen LogP contribution in [-0.2, 0) is 4.79 Å². The van der Waals surface area contributed by atoms with E-state index in [1.165, 1.54) is 16.7 Å². The molecule has 0 radical (unpaired) electrons. The molecule has 27 heavy (non-hydrogen) atoms. The zero-order chi connectivity index (χ0) is 19.1. The van der Waals surface area contributed by atoms with E-state index in [-0.39, 0.29) is 11.2 Å². The fourth-order valence-corrected chi connectivity index (χ4v) is 5.05. The molecule has 4 rings (SSSR count). The van der Waals surface area contributed by atoms with Gasteiger partial charge in [-0.25, -0.2) is 4.68 Å². The Bertz CT molecular complexity index is 1040. The van der Waals surface area contributed by atoms with Crippen molar-refractivity contribution in [1.29, 1.82) is 0 Å². The van der Waals surface area contributed by atoms with E-state index in [2.05, 4.69) is 37.4 Å². The summed E-state index contributed by atoms with van der Waals surface area (Å²) in [5.74, 6) is 1.08. The second kappa shape index (κ2) is 7.06. The zero-order valence-corrected chi connectivity index (χ0v) is 17.0. The van der Waals surface area contributed by atoms with Gasteiger partial charge in [-0.1, -0.05) is 47.5 Å². The van der Waals surface area contributed by atoms with E-state index in [9.17, 15) is 4.79 Å². The zero-order valence-electron chi connectivity index (χ0n) is 15.4. The summed E-state index contributed by atoms with van der Waals surface area (Å²) in [6.07, 6.45) is 0. The molecule has 0 aliphatic carbocycles. The number of benzene rings is 2. The number of carbonyl (C=O) groups is 1. The quantitative estimate of drug-likeness (QED) is 0.644. The minimum atomic E-state index is -0.0262. The van der Waals surface area contributed by atoms with Crippen molar-refractivity contribution in [3.8, 4) is 5.69 Å². The fourth-order valence-electron chi connectivity index (χ4n) is 3.55. The Morgan fingerprint density at radius 2 is 1.96 bits per heavy atom. The summed E-state index contributed by atoms with van der Waals surface area (Å²) in [6.45, 7) is 6.20. The summed E-state index contributed by atoms with van der Waals surface area (Å²) >= 11 is 8.04. The number of carbonyl (C=O) groups excluding carboxylic acids is 1. The number of aromatic nitrogens is 2. The first-order chi connectivity index (χ1) is 13.0. The van der Waals surface area contributed by atoms with Crippen molar-refractivity contribution < 1.29 is 4.79 Å². The summed E-state index contributed by atoms with van der Waals surface area (Å²) in [7, 11) is 0. The van der Waals surface area contributed by atoms with E-state index >= 15 is 0 Å². The topological polar surface area (TPSA) is 46.9 Å². The third-order valence-electron chi connectivity index (χ3n) is 4.80. The Morgan fingerprint density at radius 1 is 1.19 bits per heavy atom. The van der Waals surface area contributed by atoms with E-state index < -0.39 is 0 Å². The summed E-state index contributed by atoms with van der Waals surface area (Å²) in [4.78, 5) is 12.4. The molecule has 0 fully saturated rings. The number of fused-ring (bicyclic) bond motifs is 1. The Hall–Kier alpha value is -2.24. The monoisotopic (exact) mass is 397 g/mol. The molecule has 138 valence electrons. The molecule has 0 saturated carbocycles. The van der Waals surface area contributed by atoms with Crippen molar-refractivity contribution in [3.05, 3.63) is 75.4 Å². The second-order valence-corrected chi connectivity index (χ2v) is 8.31. The summed E-state index contributed by atoms with van der Waals surface area (Å²) in [6, 6.07) is 14.0. The van der Waals surface area contributed by atoms with Crippen LogP contribution in [0.15, 0.2) is 42.5 Å². The van der Waals surface area contributed by atoms with E-state index in [1.807, 2.05) is 31.2 Å². The van der Waals surface area contributed by atoms with E-state index in [0.717, 1.165) is 16.9 Å². The fraction of sp³-hybridized carbons (Fsp3) is 0.238. The Kier molecular flexibility index (Phi) is 4.74. The molecule has 1 aromatic heterocycles. The molecular formula is C21H20ClN3OS. The molecule has 3 aromatic rings. The minimum Gasteiger partial charge on any atom is -0.310 e. The first kappa shape index (κ1) is 18.1. The molecule has 2 heterocycles. The lowest BCUT2D eigenvalue weighted by Gasteiger charge is -2.18. The van der Waals surface area contributed by atoms with Crippen LogP contribution in [0.5, 0.6) is 0 Å².